The van der Waals surface area contributed by atoms with Crippen molar-refractivity contribution in [3.05, 3.63) is 71.2 Å². The Morgan fingerprint density at radius 2 is 1.90 bits per heavy atom. The predicted molar refractivity (Wildman–Crippen MR) is 114 cm³/mol. The zero-order valence-electron chi connectivity index (χ0n) is 16.7. The van der Waals surface area contributed by atoms with Crippen LogP contribution in [-0.4, -0.2) is 52.0 Å². The molecule has 3 N–H and O–H groups in total. The second-order valence-electron chi connectivity index (χ2n) is 7.05. The first-order valence-corrected chi connectivity index (χ1v) is 9.69. The Morgan fingerprint density at radius 3 is 2.58 bits per heavy atom. The van der Waals surface area contributed by atoms with Crippen LogP contribution in [0.5, 0.6) is 5.75 Å². The fourth-order valence-corrected chi connectivity index (χ4v) is 3.47. The number of para-hydroxylation sites is 1. The Morgan fingerprint density at radius 1 is 1.16 bits per heavy atom. The maximum atomic E-state index is 10.5. The molecule has 4 rings (SSSR count). The van der Waals surface area contributed by atoms with Gasteiger partial charge in [-0.15, -0.1) is 0 Å². The lowest BCUT2D eigenvalue weighted by Crippen LogP contribution is -2.32. The second kappa shape index (κ2) is 9.07. The molecule has 0 amide bonds. The molecule has 0 unspecified atom stereocenters. The molecule has 2 heterocycles. The molecule has 1 fully saturated rings. The average molecular weight is 422 g/mol. The number of rotatable bonds is 7. The third-order valence-electron chi connectivity index (χ3n) is 5.07. The van der Waals surface area contributed by atoms with Crippen molar-refractivity contribution in [2.45, 2.75) is 24.5 Å². The van der Waals surface area contributed by atoms with Gasteiger partial charge in [0.05, 0.1) is 31.6 Å². The van der Waals surface area contributed by atoms with Gasteiger partial charge in [-0.1, -0.05) is 23.3 Å². The Bertz CT molecular complexity index is 1070. The molecule has 1 aliphatic heterocycles. The predicted octanol–water partition coefficient (Wildman–Crippen LogP) is 3.23. The summed E-state index contributed by atoms with van der Waals surface area (Å²) in [6.45, 7) is -0.0903. The number of anilines is 2. The summed E-state index contributed by atoms with van der Waals surface area (Å²) in [7, 11) is 1.60. The van der Waals surface area contributed by atoms with Crippen molar-refractivity contribution in [1.82, 2.24) is 9.78 Å². The van der Waals surface area contributed by atoms with Crippen LogP contribution in [0.2, 0.25) is 0 Å². The number of benzene rings is 2. The Labute approximate surface area is 178 Å². The smallest absolute Gasteiger partial charge is 0.179 e. The normalized spacial score (nSPS) is 22.7. The minimum absolute atomic E-state index is 0.0903. The summed E-state index contributed by atoms with van der Waals surface area (Å²) in [5, 5.41) is 32.2. The highest BCUT2D eigenvalue weighted by molar-refractivity contribution is 5.77. The molecule has 3 aromatic rings. The van der Waals surface area contributed by atoms with Crippen LogP contribution in [0, 0.1) is 0 Å². The fraction of sp³-hybridized carbons (Fsp3) is 0.286. The number of methoxy groups -OCH3 is 1. The van der Waals surface area contributed by atoms with Crippen molar-refractivity contribution in [2.24, 2.45) is 5.11 Å². The molecule has 0 aliphatic carbocycles. The second-order valence-corrected chi connectivity index (χ2v) is 7.05. The Hall–Kier alpha value is -3.56. The largest absolute Gasteiger partial charge is 0.497 e. The molecule has 0 spiro atoms. The van der Waals surface area contributed by atoms with E-state index in [1.165, 1.54) is 4.68 Å². The highest BCUT2D eigenvalue weighted by Crippen LogP contribution is 2.35. The zero-order valence-corrected chi connectivity index (χ0v) is 16.7. The standard InChI is InChI=1S/C21H22N6O4/c1-30-15-9-7-13(8-10-15)18-16(24-14-5-3-2-4-6-14)12-27(25-18)21-20(29)19(28)17(31-21)11-23-26-22/h2-10,12,17,19-21,24,28-29H,11H2,1H3/t17-,19-,20-,21-/m1/s1. The third kappa shape index (κ3) is 4.32. The number of aromatic nitrogens is 2. The maximum Gasteiger partial charge on any atom is 0.179 e. The Balaban J connectivity index is 1.69. The van der Waals surface area contributed by atoms with Gasteiger partial charge in [0, 0.05) is 16.2 Å². The summed E-state index contributed by atoms with van der Waals surface area (Å²) in [4.78, 5) is 2.68. The first-order chi connectivity index (χ1) is 15.1. The molecule has 31 heavy (non-hydrogen) atoms. The van der Waals surface area contributed by atoms with Crippen LogP contribution in [0.1, 0.15) is 6.23 Å². The SMILES string of the molecule is COc1ccc(-c2nn([C@@H]3O[C@H](CN=[N+]=[N-])[C@@H](O)[C@H]3O)cc2Nc2ccccc2)cc1. The molecule has 0 saturated carbocycles. The van der Waals surface area contributed by atoms with Gasteiger partial charge in [0.1, 0.15) is 23.7 Å². The van der Waals surface area contributed by atoms with E-state index in [1.807, 2.05) is 54.6 Å². The van der Waals surface area contributed by atoms with E-state index in [2.05, 4.69) is 20.4 Å². The first kappa shape index (κ1) is 20.7. The number of azide groups is 1. The molecule has 10 heteroatoms. The first-order valence-electron chi connectivity index (χ1n) is 9.69. The van der Waals surface area contributed by atoms with Crippen molar-refractivity contribution in [3.8, 4) is 17.0 Å². The van der Waals surface area contributed by atoms with Crippen LogP contribution in [0.15, 0.2) is 65.9 Å². The van der Waals surface area contributed by atoms with Crippen LogP contribution in [-0.2, 0) is 4.74 Å². The molecule has 4 atom stereocenters. The summed E-state index contributed by atoms with van der Waals surface area (Å²) in [6.07, 6.45) is -2.47. The number of ether oxygens (including phenoxy) is 2. The number of nitrogens with zero attached hydrogens (tertiary/aromatic N) is 5. The van der Waals surface area contributed by atoms with E-state index >= 15 is 0 Å². The summed E-state index contributed by atoms with van der Waals surface area (Å²) in [5.41, 5.74) is 11.6. The lowest BCUT2D eigenvalue weighted by atomic mass is 10.1. The van der Waals surface area contributed by atoms with E-state index < -0.39 is 24.5 Å². The van der Waals surface area contributed by atoms with E-state index in [0.29, 0.717) is 11.4 Å². The molecule has 2 aromatic carbocycles. The number of hydrogen-bond donors (Lipinski definition) is 3. The van der Waals surface area contributed by atoms with Gasteiger partial charge in [0.25, 0.3) is 0 Å². The van der Waals surface area contributed by atoms with E-state index in [9.17, 15) is 10.2 Å². The van der Waals surface area contributed by atoms with Crippen LogP contribution >= 0.6 is 0 Å². The molecule has 160 valence electrons. The van der Waals surface area contributed by atoms with Gasteiger partial charge in [-0.2, -0.15) is 5.10 Å². The van der Waals surface area contributed by atoms with Gasteiger partial charge in [-0.25, -0.2) is 4.68 Å². The van der Waals surface area contributed by atoms with E-state index in [-0.39, 0.29) is 6.54 Å². The van der Waals surface area contributed by atoms with Gasteiger partial charge in [0.15, 0.2) is 6.23 Å². The van der Waals surface area contributed by atoms with E-state index in [0.717, 1.165) is 17.0 Å². The topological polar surface area (TPSA) is 138 Å². The summed E-state index contributed by atoms with van der Waals surface area (Å²) in [6, 6.07) is 17.0. The van der Waals surface area contributed by atoms with Crippen molar-refractivity contribution in [1.29, 1.82) is 0 Å². The molecule has 0 bridgehead atoms. The molecule has 10 nitrogen and oxygen atoms in total. The van der Waals surface area contributed by atoms with Crippen LogP contribution in [0.3, 0.4) is 0 Å². The van der Waals surface area contributed by atoms with Crippen LogP contribution in [0.4, 0.5) is 11.4 Å². The van der Waals surface area contributed by atoms with Crippen LogP contribution in [0.25, 0.3) is 21.7 Å². The fourth-order valence-electron chi connectivity index (χ4n) is 3.47. The summed E-state index contributed by atoms with van der Waals surface area (Å²) >= 11 is 0. The number of hydrogen-bond acceptors (Lipinski definition) is 7. The van der Waals surface area contributed by atoms with Gasteiger partial charge >= 0.3 is 0 Å². The maximum absolute atomic E-state index is 10.5. The lowest BCUT2D eigenvalue weighted by molar-refractivity contribution is -0.0415. The minimum atomic E-state index is -1.23. The number of nitrogens with one attached hydrogen (secondary N) is 1. The molecule has 1 aromatic heterocycles. The van der Waals surface area contributed by atoms with E-state index in [4.69, 9.17) is 15.0 Å². The zero-order chi connectivity index (χ0) is 21.8. The van der Waals surface area contributed by atoms with Gasteiger partial charge in [-0.3, -0.25) is 0 Å². The number of aliphatic hydroxyl groups is 2. The number of aliphatic hydroxyl groups excluding tert-OH is 2. The quantitative estimate of drug-likeness (QED) is 0.304. The summed E-state index contributed by atoms with van der Waals surface area (Å²) < 4.78 is 12.5. The Kier molecular flexibility index (Phi) is 6.06. The van der Waals surface area contributed by atoms with Crippen LogP contribution < -0.4 is 10.1 Å². The highest BCUT2D eigenvalue weighted by atomic mass is 16.6. The molecule has 1 saturated heterocycles. The van der Waals surface area contributed by atoms with E-state index in [1.54, 1.807) is 13.3 Å². The molecular formula is C21H22N6O4. The molecular weight excluding hydrogens is 400 g/mol. The van der Waals surface area contributed by atoms with Gasteiger partial charge < -0.3 is 25.0 Å². The molecule has 1 aliphatic rings. The average Bonchev–Trinajstić information content (AvgIpc) is 3.34. The van der Waals surface area contributed by atoms with Gasteiger partial charge in [0.2, 0.25) is 0 Å². The molecule has 0 radical (unpaired) electrons. The van der Waals surface area contributed by atoms with Crippen molar-refractivity contribution in [3.63, 3.8) is 0 Å². The monoisotopic (exact) mass is 422 g/mol. The highest BCUT2D eigenvalue weighted by Gasteiger charge is 2.44. The van der Waals surface area contributed by atoms with Crippen molar-refractivity contribution >= 4 is 11.4 Å². The summed E-state index contributed by atoms with van der Waals surface area (Å²) in [5.74, 6) is 0.722. The lowest BCUT2D eigenvalue weighted by Gasteiger charge is -2.14. The third-order valence-corrected chi connectivity index (χ3v) is 5.07. The van der Waals surface area contributed by atoms with Crippen molar-refractivity contribution in [2.75, 3.05) is 19.0 Å². The van der Waals surface area contributed by atoms with Gasteiger partial charge in [-0.05, 0) is 41.9 Å². The minimum Gasteiger partial charge on any atom is -0.497 e. The van der Waals surface area contributed by atoms with Crippen molar-refractivity contribution < 1.29 is 19.7 Å².